The largest absolute Gasteiger partial charge is 0.496 e. The number of hydrogen-bond donors (Lipinski definition) is 1. The molecule has 0 aromatic heterocycles. The van der Waals surface area contributed by atoms with Crippen LogP contribution >= 0.6 is 0 Å². The zero-order chi connectivity index (χ0) is 14.8. The van der Waals surface area contributed by atoms with Gasteiger partial charge in [-0.25, -0.2) is 0 Å². The lowest BCUT2D eigenvalue weighted by Crippen LogP contribution is -2.39. The van der Waals surface area contributed by atoms with Gasteiger partial charge in [-0.05, 0) is 50.1 Å². The number of ether oxygens (including phenoxy) is 1. The summed E-state index contributed by atoms with van der Waals surface area (Å²) in [5.74, 6) is 0.886. The number of nitrogens with one attached hydrogen (secondary N) is 1. The third kappa shape index (κ3) is 2.95. The standard InChI is InChI=1S/C16H22N2O2/c1-5-15(19)18-9-8-16(3,11-18)17-13-6-7-14(20-4)12(2)10-13/h5-7,10,17H,1,8-9,11H2,2-4H3. The van der Waals surface area contributed by atoms with E-state index in [2.05, 4.69) is 24.9 Å². The number of aryl methyl sites for hydroxylation is 1. The normalized spacial score (nSPS) is 21.6. The summed E-state index contributed by atoms with van der Waals surface area (Å²) in [6.45, 7) is 9.17. The second-order valence-corrected chi connectivity index (χ2v) is 5.58. The van der Waals surface area contributed by atoms with Crippen LogP contribution in [0.3, 0.4) is 0 Å². The highest BCUT2D eigenvalue weighted by atomic mass is 16.5. The fraction of sp³-hybridized carbons (Fsp3) is 0.438. The lowest BCUT2D eigenvalue weighted by Gasteiger charge is -2.27. The van der Waals surface area contributed by atoms with E-state index < -0.39 is 0 Å². The van der Waals surface area contributed by atoms with E-state index in [1.807, 2.05) is 24.0 Å². The van der Waals surface area contributed by atoms with Crippen molar-refractivity contribution in [1.82, 2.24) is 4.90 Å². The van der Waals surface area contributed by atoms with Crippen LogP contribution < -0.4 is 10.1 Å². The number of methoxy groups -OCH3 is 1. The van der Waals surface area contributed by atoms with Crippen LogP contribution in [-0.2, 0) is 4.79 Å². The van der Waals surface area contributed by atoms with Crippen LogP contribution in [0.2, 0.25) is 0 Å². The fourth-order valence-corrected chi connectivity index (χ4v) is 2.68. The van der Waals surface area contributed by atoms with E-state index in [4.69, 9.17) is 4.74 Å². The number of hydrogen-bond acceptors (Lipinski definition) is 3. The Kier molecular flexibility index (Phi) is 4.02. The van der Waals surface area contributed by atoms with Crippen LogP contribution in [0, 0.1) is 6.92 Å². The molecule has 1 heterocycles. The zero-order valence-electron chi connectivity index (χ0n) is 12.4. The molecule has 0 saturated carbocycles. The number of nitrogens with zero attached hydrogens (tertiary/aromatic N) is 1. The maximum absolute atomic E-state index is 11.7. The van der Waals surface area contributed by atoms with Crippen LogP contribution in [-0.4, -0.2) is 36.5 Å². The van der Waals surface area contributed by atoms with Gasteiger partial charge in [-0.1, -0.05) is 6.58 Å². The summed E-state index contributed by atoms with van der Waals surface area (Å²) in [6.07, 6.45) is 2.31. The summed E-state index contributed by atoms with van der Waals surface area (Å²) in [5, 5.41) is 3.53. The van der Waals surface area contributed by atoms with Gasteiger partial charge in [-0.15, -0.1) is 0 Å². The number of likely N-dealkylation sites (tertiary alicyclic amines) is 1. The molecule has 1 aliphatic heterocycles. The van der Waals surface area contributed by atoms with Crippen LogP contribution in [0.1, 0.15) is 18.9 Å². The topological polar surface area (TPSA) is 41.6 Å². The van der Waals surface area contributed by atoms with Gasteiger partial charge in [0.15, 0.2) is 0 Å². The first kappa shape index (κ1) is 14.4. The molecule has 1 unspecified atom stereocenters. The summed E-state index contributed by atoms with van der Waals surface area (Å²) in [6, 6.07) is 6.04. The van der Waals surface area contributed by atoms with E-state index in [1.165, 1.54) is 6.08 Å². The summed E-state index contributed by atoms with van der Waals surface area (Å²) < 4.78 is 5.27. The average Bonchev–Trinajstić information content (AvgIpc) is 2.80. The van der Waals surface area contributed by atoms with Gasteiger partial charge in [0.25, 0.3) is 0 Å². The highest BCUT2D eigenvalue weighted by Crippen LogP contribution is 2.28. The molecule has 4 heteroatoms. The van der Waals surface area contributed by atoms with Crippen molar-refractivity contribution < 1.29 is 9.53 Å². The molecule has 1 aliphatic rings. The molecule has 1 aromatic carbocycles. The Morgan fingerprint density at radius 3 is 2.90 bits per heavy atom. The fourth-order valence-electron chi connectivity index (χ4n) is 2.68. The molecule has 4 nitrogen and oxygen atoms in total. The summed E-state index contributed by atoms with van der Waals surface area (Å²) in [5.41, 5.74) is 2.05. The van der Waals surface area contributed by atoms with Gasteiger partial charge >= 0.3 is 0 Å². The van der Waals surface area contributed by atoms with E-state index in [-0.39, 0.29) is 11.4 Å². The van der Waals surface area contributed by atoms with E-state index in [1.54, 1.807) is 7.11 Å². The molecular formula is C16H22N2O2. The molecule has 2 rings (SSSR count). The minimum Gasteiger partial charge on any atom is -0.496 e. The first-order chi connectivity index (χ1) is 9.47. The minimum absolute atomic E-state index is 0.00133. The van der Waals surface area contributed by atoms with Gasteiger partial charge in [-0.2, -0.15) is 0 Å². The molecule has 0 radical (unpaired) electrons. The van der Waals surface area contributed by atoms with E-state index in [9.17, 15) is 4.79 Å². The smallest absolute Gasteiger partial charge is 0.246 e. The van der Waals surface area contributed by atoms with E-state index in [0.29, 0.717) is 6.54 Å². The molecule has 1 N–H and O–H groups in total. The van der Waals surface area contributed by atoms with Gasteiger partial charge in [0.1, 0.15) is 5.75 Å². The molecule has 1 atom stereocenters. The third-order valence-corrected chi connectivity index (χ3v) is 3.80. The van der Waals surface area contributed by atoms with Crippen molar-refractivity contribution in [3.05, 3.63) is 36.4 Å². The molecule has 108 valence electrons. The third-order valence-electron chi connectivity index (χ3n) is 3.80. The number of amides is 1. The Balaban J connectivity index is 2.08. The van der Waals surface area contributed by atoms with Crippen LogP contribution in [0.5, 0.6) is 5.75 Å². The number of anilines is 1. The molecule has 1 aromatic rings. The van der Waals surface area contributed by atoms with Crippen molar-refractivity contribution >= 4 is 11.6 Å². The first-order valence-electron chi connectivity index (χ1n) is 6.81. The summed E-state index contributed by atoms with van der Waals surface area (Å²) in [4.78, 5) is 13.5. The predicted molar refractivity (Wildman–Crippen MR) is 81.2 cm³/mol. The van der Waals surface area contributed by atoms with Crippen molar-refractivity contribution in [2.24, 2.45) is 0 Å². The highest BCUT2D eigenvalue weighted by Gasteiger charge is 2.35. The van der Waals surface area contributed by atoms with Crippen LogP contribution in [0.15, 0.2) is 30.9 Å². The van der Waals surface area contributed by atoms with Crippen molar-refractivity contribution in [1.29, 1.82) is 0 Å². The minimum atomic E-state index is -0.0975. The molecule has 1 amide bonds. The number of rotatable bonds is 4. The monoisotopic (exact) mass is 274 g/mol. The Hall–Kier alpha value is -1.97. The Bertz CT molecular complexity index is 527. The Labute approximate surface area is 120 Å². The SMILES string of the molecule is C=CC(=O)N1CCC(C)(Nc2ccc(OC)c(C)c2)C1. The Morgan fingerprint density at radius 2 is 2.30 bits per heavy atom. The molecule has 1 saturated heterocycles. The molecule has 0 aliphatic carbocycles. The van der Waals surface area contributed by atoms with Crippen molar-refractivity contribution in [2.45, 2.75) is 25.8 Å². The van der Waals surface area contributed by atoms with Gasteiger partial charge in [-0.3, -0.25) is 4.79 Å². The number of carbonyl (C=O) groups excluding carboxylic acids is 1. The van der Waals surface area contributed by atoms with Crippen LogP contribution in [0.25, 0.3) is 0 Å². The quantitative estimate of drug-likeness (QED) is 0.858. The highest BCUT2D eigenvalue weighted by molar-refractivity contribution is 5.87. The number of benzene rings is 1. The second-order valence-electron chi connectivity index (χ2n) is 5.58. The molecule has 0 spiro atoms. The first-order valence-corrected chi connectivity index (χ1v) is 6.81. The van der Waals surface area contributed by atoms with Crippen molar-refractivity contribution in [2.75, 3.05) is 25.5 Å². The molecule has 20 heavy (non-hydrogen) atoms. The second kappa shape index (κ2) is 5.57. The van der Waals surface area contributed by atoms with Gasteiger partial charge < -0.3 is 15.0 Å². The molecular weight excluding hydrogens is 252 g/mol. The lowest BCUT2D eigenvalue weighted by molar-refractivity contribution is -0.125. The lowest BCUT2D eigenvalue weighted by atomic mass is 10.0. The summed E-state index contributed by atoms with van der Waals surface area (Å²) in [7, 11) is 1.67. The maximum atomic E-state index is 11.7. The van der Waals surface area contributed by atoms with Crippen LogP contribution in [0.4, 0.5) is 5.69 Å². The predicted octanol–water partition coefficient (Wildman–Crippen LogP) is 2.59. The average molecular weight is 274 g/mol. The Morgan fingerprint density at radius 1 is 1.55 bits per heavy atom. The van der Waals surface area contributed by atoms with Gasteiger partial charge in [0.05, 0.1) is 12.6 Å². The van der Waals surface area contributed by atoms with E-state index >= 15 is 0 Å². The van der Waals surface area contributed by atoms with Crippen molar-refractivity contribution in [3.8, 4) is 5.75 Å². The maximum Gasteiger partial charge on any atom is 0.246 e. The molecule has 1 fully saturated rings. The van der Waals surface area contributed by atoms with Crippen molar-refractivity contribution in [3.63, 3.8) is 0 Å². The van der Waals surface area contributed by atoms with E-state index in [0.717, 1.165) is 30.0 Å². The van der Waals surface area contributed by atoms with Gasteiger partial charge in [0, 0.05) is 18.8 Å². The van der Waals surface area contributed by atoms with Gasteiger partial charge in [0.2, 0.25) is 5.91 Å². The molecule has 0 bridgehead atoms. The summed E-state index contributed by atoms with van der Waals surface area (Å²) >= 11 is 0. The zero-order valence-corrected chi connectivity index (χ0v) is 12.4. The number of carbonyl (C=O) groups is 1.